The maximum absolute atomic E-state index is 5.08. The maximum Gasteiger partial charge on any atom is 0.159 e. The van der Waals surface area contributed by atoms with Gasteiger partial charge in [0.1, 0.15) is 11.5 Å². The lowest BCUT2D eigenvalue weighted by Crippen LogP contribution is -2.12. The lowest BCUT2D eigenvalue weighted by atomic mass is 10.2. The Morgan fingerprint density at radius 2 is 1.38 bits per heavy atom. The summed E-state index contributed by atoms with van der Waals surface area (Å²) in [7, 11) is 2.04. The first-order chi connectivity index (χ1) is 16.8. The number of rotatable bonds is 5. The molecule has 0 aliphatic carbocycles. The van der Waals surface area contributed by atoms with Crippen LogP contribution in [0.2, 0.25) is 0 Å². The minimum absolute atomic E-state index is 0.832. The first kappa shape index (κ1) is 20.0. The third-order valence-corrected chi connectivity index (χ3v) is 5.98. The fourth-order valence-electron chi connectivity index (χ4n) is 4.34. The SMILES string of the molecule is Cn1c(-c2cccc(N(c3ccccc3)c3cccc(-n4cccc4)c3)n2)nc2ccccc21. The molecule has 164 valence electrons. The van der Waals surface area contributed by atoms with Gasteiger partial charge in [-0.25, -0.2) is 9.97 Å². The number of benzene rings is 3. The summed E-state index contributed by atoms with van der Waals surface area (Å²) in [5.74, 6) is 1.68. The molecule has 0 bridgehead atoms. The molecule has 0 amide bonds. The fraction of sp³-hybridized carbons (Fsp3) is 0.0345. The molecule has 0 fully saturated rings. The van der Waals surface area contributed by atoms with E-state index in [9.17, 15) is 0 Å². The largest absolute Gasteiger partial charge is 0.326 e. The third-order valence-electron chi connectivity index (χ3n) is 5.98. The van der Waals surface area contributed by atoms with Gasteiger partial charge in [0, 0.05) is 36.5 Å². The van der Waals surface area contributed by atoms with Gasteiger partial charge in [-0.2, -0.15) is 0 Å². The quantitative estimate of drug-likeness (QED) is 0.292. The van der Waals surface area contributed by atoms with Crippen LogP contribution in [0.4, 0.5) is 17.2 Å². The Bertz CT molecular complexity index is 1570. The van der Waals surface area contributed by atoms with Crippen LogP contribution in [0, 0.1) is 0 Å². The fourth-order valence-corrected chi connectivity index (χ4v) is 4.34. The summed E-state index contributed by atoms with van der Waals surface area (Å²) < 4.78 is 4.21. The molecule has 0 radical (unpaired) electrons. The highest BCUT2D eigenvalue weighted by molar-refractivity contribution is 5.81. The van der Waals surface area contributed by atoms with Crippen molar-refractivity contribution >= 4 is 28.2 Å². The number of imidazole rings is 1. The Balaban J connectivity index is 1.50. The highest BCUT2D eigenvalue weighted by Gasteiger charge is 2.17. The molecule has 0 spiro atoms. The average Bonchev–Trinajstić information content (AvgIpc) is 3.54. The predicted molar refractivity (Wildman–Crippen MR) is 138 cm³/mol. The zero-order chi connectivity index (χ0) is 22.9. The van der Waals surface area contributed by atoms with Gasteiger partial charge in [-0.15, -0.1) is 0 Å². The summed E-state index contributed by atoms with van der Waals surface area (Å²) in [4.78, 5) is 12.1. The number of pyridine rings is 1. The highest BCUT2D eigenvalue weighted by atomic mass is 15.2. The minimum atomic E-state index is 0.832. The number of nitrogens with zero attached hydrogens (tertiary/aromatic N) is 5. The molecule has 3 aromatic carbocycles. The molecule has 0 aliphatic heterocycles. The van der Waals surface area contributed by atoms with Crippen molar-refractivity contribution in [3.05, 3.63) is 122 Å². The van der Waals surface area contributed by atoms with Gasteiger partial charge in [-0.1, -0.05) is 42.5 Å². The van der Waals surface area contributed by atoms with E-state index in [2.05, 4.69) is 68.9 Å². The Morgan fingerprint density at radius 1 is 0.647 bits per heavy atom. The van der Waals surface area contributed by atoms with E-state index in [4.69, 9.17) is 9.97 Å². The summed E-state index contributed by atoms with van der Waals surface area (Å²) >= 11 is 0. The summed E-state index contributed by atoms with van der Waals surface area (Å²) in [6.45, 7) is 0. The summed E-state index contributed by atoms with van der Waals surface area (Å²) in [6.07, 6.45) is 4.10. The monoisotopic (exact) mass is 441 g/mol. The van der Waals surface area contributed by atoms with E-state index >= 15 is 0 Å². The lowest BCUT2D eigenvalue weighted by molar-refractivity contribution is 0.949. The van der Waals surface area contributed by atoms with Crippen LogP contribution in [0.1, 0.15) is 0 Å². The first-order valence-corrected chi connectivity index (χ1v) is 11.3. The van der Waals surface area contributed by atoms with Crippen LogP contribution in [0.25, 0.3) is 28.2 Å². The zero-order valence-electron chi connectivity index (χ0n) is 18.8. The molecule has 34 heavy (non-hydrogen) atoms. The predicted octanol–water partition coefficient (Wildman–Crippen LogP) is 6.90. The van der Waals surface area contributed by atoms with Crippen molar-refractivity contribution in [3.8, 4) is 17.2 Å². The van der Waals surface area contributed by atoms with Crippen LogP contribution < -0.4 is 4.90 Å². The molecule has 0 unspecified atom stereocenters. The number of fused-ring (bicyclic) bond motifs is 1. The number of aryl methyl sites for hydroxylation is 1. The average molecular weight is 442 g/mol. The molecule has 5 heteroatoms. The van der Waals surface area contributed by atoms with Gasteiger partial charge in [0.05, 0.1) is 11.0 Å². The summed E-state index contributed by atoms with van der Waals surface area (Å²) in [5.41, 5.74) is 6.05. The summed E-state index contributed by atoms with van der Waals surface area (Å²) in [5, 5.41) is 0. The second kappa shape index (κ2) is 8.37. The molecule has 0 saturated carbocycles. The standard InChI is InChI=1S/C29H23N5/c1-32-27-17-6-5-15-25(27)31-29(32)26-16-10-18-28(30-26)34(22-11-3-2-4-12-22)24-14-9-13-23(21-24)33-19-7-8-20-33/h2-21H,1H3. The van der Waals surface area contributed by atoms with Gasteiger partial charge in [-0.3, -0.25) is 4.90 Å². The number of para-hydroxylation sites is 3. The van der Waals surface area contributed by atoms with E-state index in [0.717, 1.165) is 45.4 Å². The molecule has 5 nitrogen and oxygen atoms in total. The van der Waals surface area contributed by atoms with Crippen molar-refractivity contribution in [3.63, 3.8) is 0 Å². The minimum Gasteiger partial charge on any atom is -0.326 e. The summed E-state index contributed by atoms with van der Waals surface area (Å²) in [6, 6.07) is 37.1. The molecule has 6 rings (SSSR count). The molecule has 3 aromatic heterocycles. The van der Waals surface area contributed by atoms with Gasteiger partial charge < -0.3 is 9.13 Å². The number of anilines is 3. The van der Waals surface area contributed by atoms with Crippen LogP contribution in [0.15, 0.2) is 122 Å². The smallest absolute Gasteiger partial charge is 0.159 e. The molecule has 0 N–H and O–H groups in total. The second-order valence-corrected chi connectivity index (χ2v) is 8.15. The van der Waals surface area contributed by atoms with Crippen LogP contribution >= 0.6 is 0 Å². The molecule has 3 heterocycles. The van der Waals surface area contributed by atoms with Crippen LogP contribution in [-0.2, 0) is 7.05 Å². The Morgan fingerprint density at radius 3 is 2.21 bits per heavy atom. The number of aromatic nitrogens is 4. The van der Waals surface area contributed by atoms with E-state index in [1.165, 1.54) is 0 Å². The number of hydrogen-bond acceptors (Lipinski definition) is 3. The van der Waals surface area contributed by atoms with Crippen LogP contribution in [0.3, 0.4) is 0 Å². The topological polar surface area (TPSA) is 38.9 Å². The van der Waals surface area contributed by atoms with Crippen molar-refractivity contribution in [2.75, 3.05) is 4.90 Å². The first-order valence-electron chi connectivity index (χ1n) is 11.3. The zero-order valence-corrected chi connectivity index (χ0v) is 18.8. The molecule has 6 aromatic rings. The van der Waals surface area contributed by atoms with Gasteiger partial charge in [0.25, 0.3) is 0 Å². The number of hydrogen-bond donors (Lipinski definition) is 0. The molecular formula is C29H23N5. The molecule has 0 atom stereocenters. The van der Waals surface area contributed by atoms with Crippen LogP contribution in [0.5, 0.6) is 0 Å². The van der Waals surface area contributed by atoms with Gasteiger partial charge in [0.15, 0.2) is 5.82 Å². The lowest BCUT2D eigenvalue weighted by Gasteiger charge is -2.25. The van der Waals surface area contributed by atoms with Crippen molar-refractivity contribution < 1.29 is 0 Å². The maximum atomic E-state index is 5.08. The van der Waals surface area contributed by atoms with E-state index in [-0.39, 0.29) is 0 Å². The van der Waals surface area contributed by atoms with E-state index in [0.29, 0.717) is 0 Å². The van der Waals surface area contributed by atoms with E-state index in [1.807, 2.05) is 73.8 Å². The van der Waals surface area contributed by atoms with Crippen molar-refractivity contribution in [1.82, 2.24) is 19.1 Å². The van der Waals surface area contributed by atoms with Crippen molar-refractivity contribution in [2.24, 2.45) is 7.05 Å². The van der Waals surface area contributed by atoms with Gasteiger partial charge in [0.2, 0.25) is 0 Å². The molecule has 0 saturated heterocycles. The van der Waals surface area contributed by atoms with Crippen LogP contribution in [-0.4, -0.2) is 19.1 Å². The molecule has 0 aliphatic rings. The Labute approximate surface area is 198 Å². The van der Waals surface area contributed by atoms with Crippen molar-refractivity contribution in [1.29, 1.82) is 0 Å². The van der Waals surface area contributed by atoms with Crippen molar-refractivity contribution in [2.45, 2.75) is 0 Å². The second-order valence-electron chi connectivity index (χ2n) is 8.15. The Kier molecular flexibility index (Phi) is 4.92. The van der Waals surface area contributed by atoms with E-state index in [1.54, 1.807) is 0 Å². The molecular weight excluding hydrogens is 418 g/mol. The Hall–Kier alpha value is -4.64. The van der Waals surface area contributed by atoms with Gasteiger partial charge in [-0.05, 0) is 66.7 Å². The normalized spacial score (nSPS) is 11.1. The van der Waals surface area contributed by atoms with Gasteiger partial charge >= 0.3 is 0 Å². The highest BCUT2D eigenvalue weighted by Crippen LogP contribution is 2.35. The van der Waals surface area contributed by atoms with E-state index < -0.39 is 0 Å². The third kappa shape index (κ3) is 3.53.